The molecule has 1 fully saturated rings. The molecule has 0 spiro atoms. The lowest BCUT2D eigenvalue weighted by atomic mass is 10.1. The van der Waals surface area contributed by atoms with Crippen LogP contribution in [-0.2, 0) is 9.53 Å². The van der Waals surface area contributed by atoms with Crippen molar-refractivity contribution in [3.8, 4) is 6.07 Å². The highest BCUT2D eigenvalue weighted by molar-refractivity contribution is 5.77. The normalized spacial score (nSPS) is 20.7. The second-order valence-electron chi connectivity index (χ2n) is 4.27. The van der Waals surface area contributed by atoms with Crippen molar-refractivity contribution < 1.29 is 9.53 Å². The Kier molecular flexibility index (Phi) is 4.57. The third-order valence-electron chi connectivity index (χ3n) is 2.46. The number of hydrogen-bond donors (Lipinski definition) is 0. The largest absolute Gasteiger partial charge is 0.464 e. The minimum Gasteiger partial charge on any atom is -0.464 e. The van der Waals surface area contributed by atoms with Crippen molar-refractivity contribution in [3.63, 3.8) is 0 Å². The summed E-state index contributed by atoms with van der Waals surface area (Å²) in [6.07, 6.45) is 1.23. The first-order valence-corrected chi connectivity index (χ1v) is 5.42. The number of cyclic esters (lactones) is 1. The molecule has 1 rings (SSSR count). The molecule has 4 nitrogen and oxygen atoms in total. The molecule has 0 saturated carbocycles. The molecular formula is C11H18N2O2. The number of carbonyl (C=O) groups is 1. The zero-order chi connectivity index (χ0) is 11.3. The highest BCUT2D eigenvalue weighted by Gasteiger charge is 2.32. The van der Waals surface area contributed by atoms with Crippen molar-refractivity contribution in [2.75, 3.05) is 19.7 Å². The molecule has 15 heavy (non-hydrogen) atoms. The Bertz CT molecular complexity index is 258. The van der Waals surface area contributed by atoms with E-state index in [9.17, 15) is 4.79 Å². The molecule has 1 heterocycles. The summed E-state index contributed by atoms with van der Waals surface area (Å²) in [7, 11) is 0. The van der Waals surface area contributed by atoms with Crippen LogP contribution in [0.15, 0.2) is 0 Å². The van der Waals surface area contributed by atoms with E-state index in [4.69, 9.17) is 10.00 Å². The second kappa shape index (κ2) is 5.72. The fraction of sp³-hybridized carbons (Fsp3) is 0.818. The monoisotopic (exact) mass is 210 g/mol. The molecule has 1 saturated heterocycles. The summed E-state index contributed by atoms with van der Waals surface area (Å²) >= 11 is 0. The van der Waals surface area contributed by atoms with Crippen molar-refractivity contribution >= 4 is 5.97 Å². The lowest BCUT2D eigenvalue weighted by molar-refractivity contribution is -0.142. The van der Waals surface area contributed by atoms with E-state index < -0.39 is 0 Å². The molecule has 0 radical (unpaired) electrons. The van der Waals surface area contributed by atoms with Crippen LogP contribution in [0.5, 0.6) is 0 Å². The Morgan fingerprint density at radius 2 is 2.40 bits per heavy atom. The van der Waals surface area contributed by atoms with E-state index >= 15 is 0 Å². The van der Waals surface area contributed by atoms with E-state index in [1.54, 1.807) is 0 Å². The van der Waals surface area contributed by atoms with Crippen LogP contribution in [0.4, 0.5) is 0 Å². The maximum absolute atomic E-state index is 11.4. The van der Waals surface area contributed by atoms with E-state index in [1.807, 2.05) is 0 Å². The minimum atomic E-state index is -0.131. The van der Waals surface area contributed by atoms with E-state index in [0.717, 1.165) is 13.0 Å². The molecule has 0 aromatic carbocycles. The standard InChI is InChI=1S/C11H18N2O2/c1-9(2)8-13(6-3-5-12)10-4-7-15-11(10)14/h9-10H,3-4,6-8H2,1-2H3. The lowest BCUT2D eigenvalue weighted by Crippen LogP contribution is -2.41. The molecule has 0 aromatic rings. The summed E-state index contributed by atoms with van der Waals surface area (Å²) in [4.78, 5) is 13.5. The Labute approximate surface area is 90.8 Å². The van der Waals surface area contributed by atoms with Gasteiger partial charge in [0.05, 0.1) is 12.7 Å². The Balaban J connectivity index is 2.54. The second-order valence-corrected chi connectivity index (χ2v) is 4.27. The number of rotatable bonds is 5. The van der Waals surface area contributed by atoms with Crippen LogP contribution >= 0.6 is 0 Å². The minimum absolute atomic E-state index is 0.124. The van der Waals surface area contributed by atoms with Gasteiger partial charge in [-0.25, -0.2) is 0 Å². The lowest BCUT2D eigenvalue weighted by Gasteiger charge is -2.26. The molecule has 0 N–H and O–H groups in total. The zero-order valence-corrected chi connectivity index (χ0v) is 9.40. The third-order valence-corrected chi connectivity index (χ3v) is 2.46. The van der Waals surface area contributed by atoms with E-state index in [0.29, 0.717) is 25.5 Å². The van der Waals surface area contributed by atoms with Gasteiger partial charge in [-0.05, 0) is 5.92 Å². The summed E-state index contributed by atoms with van der Waals surface area (Å²) in [6.45, 7) is 6.25. The van der Waals surface area contributed by atoms with Gasteiger partial charge in [0.15, 0.2) is 0 Å². The van der Waals surface area contributed by atoms with Crippen LogP contribution in [-0.4, -0.2) is 36.6 Å². The first-order valence-electron chi connectivity index (χ1n) is 5.42. The molecule has 0 aromatic heterocycles. The predicted molar refractivity (Wildman–Crippen MR) is 56.0 cm³/mol. The molecule has 1 aliphatic rings. The van der Waals surface area contributed by atoms with Crippen LogP contribution in [0.25, 0.3) is 0 Å². The summed E-state index contributed by atoms with van der Waals surface area (Å²) in [5.41, 5.74) is 0. The SMILES string of the molecule is CC(C)CN(CCC#N)C1CCOC1=O. The van der Waals surface area contributed by atoms with Gasteiger partial charge in [0.2, 0.25) is 0 Å². The predicted octanol–water partition coefficient (Wildman–Crippen LogP) is 1.17. The molecule has 4 heteroatoms. The quantitative estimate of drug-likeness (QED) is 0.639. The first-order chi connectivity index (χ1) is 7.15. The zero-order valence-electron chi connectivity index (χ0n) is 9.40. The summed E-state index contributed by atoms with van der Waals surface area (Å²) < 4.78 is 4.94. The maximum atomic E-state index is 11.4. The van der Waals surface area contributed by atoms with E-state index in [-0.39, 0.29) is 12.0 Å². The molecule has 0 amide bonds. The Morgan fingerprint density at radius 3 is 2.87 bits per heavy atom. The third kappa shape index (κ3) is 3.52. The van der Waals surface area contributed by atoms with Crippen molar-refractivity contribution in [2.45, 2.75) is 32.7 Å². The molecule has 1 atom stereocenters. The van der Waals surface area contributed by atoms with Crippen molar-refractivity contribution in [3.05, 3.63) is 0 Å². The van der Waals surface area contributed by atoms with Crippen LogP contribution in [0.2, 0.25) is 0 Å². The molecule has 1 unspecified atom stereocenters. The summed E-state index contributed by atoms with van der Waals surface area (Å²) in [5, 5.41) is 8.57. The average molecular weight is 210 g/mol. The first kappa shape index (κ1) is 12.0. The van der Waals surface area contributed by atoms with Gasteiger partial charge < -0.3 is 4.74 Å². The van der Waals surface area contributed by atoms with E-state index in [1.165, 1.54) is 0 Å². The molecule has 0 aliphatic carbocycles. The summed E-state index contributed by atoms with van der Waals surface area (Å²) in [6, 6.07) is 1.99. The van der Waals surface area contributed by atoms with Crippen LogP contribution in [0, 0.1) is 17.2 Å². The summed E-state index contributed by atoms with van der Waals surface area (Å²) in [5.74, 6) is 0.366. The van der Waals surface area contributed by atoms with Crippen molar-refractivity contribution in [1.29, 1.82) is 5.26 Å². The smallest absolute Gasteiger partial charge is 0.323 e. The van der Waals surface area contributed by atoms with Gasteiger partial charge in [-0.3, -0.25) is 9.69 Å². The highest BCUT2D eigenvalue weighted by atomic mass is 16.5. The Hall–Kier alpha value is -1.08. The van der Waals surface area contributed by atoms with Crippen LogP contribution < -0.4 is 0 Å². The number of hydrogen-bond acceptors (Lipinski definition) is 4. The van der Waals surface area contributed by atoms with Gasteiger partial charge >= 0.3 is 5.97 Å². The molecule has 84 valence electrons. The fourth-order valence-electron chi connectivity index (χ4n) is 1.85. The van der Waals surface area contributed by atoms with Gasteiger partial charge in [0.25, 0.3) is 0 Å². The molecular weight excluding hydrogens is 192 g/mol. The van der Waals surface area contributed by atoms with Crippen molar-refractivity contribution in [2.24, 2.45) is 5.92 Å². The molecule has 0 bridgehead atoms. The fourth-order valence-corrected chi connectivity index (χ4v) is 1.85. The maximum Gasteiger partial charge on any atom is 0.323 e. The number of ether oxygens (including phenoxy) is 1. The number of carbonyl (C=O) groups excluding carboxylic acids is 1. The highest BCUT2D eigenvalue weighted by Crippen LogP contribution is 2.15. The van der Waals surface area contributed by atoms with Gasteiger partial charge in [-0.2, -0.15) is 5.26 Å². The van der Waals surface area contributed by atoms with E-state index in [2.05, 4.69) is 24.8 Å². The van der Waals surface area contributed by atoms with Gasteiger partial charge in [-0.15, -0.1) is 0 Å². The van der Waals surface area contributed by atoms with Gasteiger partial charge in [-0.1, -0.05) is 13.8 Å². The van der Waals surface area contributed by atoms with Gasteiger partial charge in [0, 0.05) is 25.9 Å². The Morgan fingerprint density at radius 1 is 1.67 bits per heavy atom. The average Bonchev–Trinajstić information content (AvgIpc) is 2.58. The molecule has 1 aliphatic heterocycles. The number of nitrogens with zero attached hydrogens (tertiary/aromatic N) is 2. The number of nitriles is 1. The van der Waals surface area contributed by atoms with Crippen LogP contribution in [0.1, 0.15) is 26.7 Å². The van der Waals surface area contributed by atoms with Crippen LogP contribution in [0.3, 0.4) is 0 Å². The topological polar surface area (TPSA) is 53.3 Å². The van der Waals surface area contributed by atoms with Crippen molar-refractivity contribution in [1.82, 2.24) is 4.90 Å². The number of esters is 1. The van der Waals surface area contributed by atoms with Gasteiger partial charge in [0.1, 0.15) is 6.04 Å².